The lowest BCUT2D eigenvalue weighted by molar-refractivity contribution is -0.134. The third-order valence-electron chi connectivity index (χ3n) is 13.9. The van der Waals surface area contributed by atoms with E-state index in [9.17, 15) is 19.2 Å². The number of urea groups is 1. The molecule has 15 nitrogen and oxygen atoms in total. The van der Waals surface area contributed by atoms with E-state index in [4.69, 9.17) is 15.2 Å². The zero-order valence-electron chi connectivity index (χ0n) is 34.9. The highest BCUT2D eigenvalue weighted by molar-refractivity contribution is 6.02. The SMILES string of the molecule is CCC1CC(c2ccc(Nc3nc(N4CCC[C@@H](N5CCN(C)C5=O)C4)cnc3C(N)=O)cc2)CC(CC)N1C[C@@H]1Cc2ccc3c(C4CCC(=O)NC4=O)noc3c2C1. The lowest BCUT2D eigenvalue weighted by Crippen LogP contribution is -2.50. The Balaban J connectivity index is 0.855. The molecule has 2 aromatic carbocycles. The van der Waals surface area contributed by atoms with Gasteiger partial charge in [-0.25, -0.2) is 14.8 Å². The molecule has 5 amide bonds. The van der Waals surface area contributed by atoms with Crippen LogP contribution in [-0.2, 0) is 22.4 Å². The number of rotatable bonds is 11. The van der Waals surface area contributed by atoms with E-state index in [0.717, 1.165) is 94.2 Å². The lowest BCUT2D eigenvalue weighted by atomic mass is 9.79. The molecular weight excluding hydrogens is 761 g/mol. The number of likely N-dealkylation sites (N-methyl/N-ethyl adjacent to an activating group) is 1. The van der Waals surface area contributed by atoms with Gasteiger partial charge in [0.25, 0.3) is 5.91 Å². The number of hydrogen-bond donors (Lipinski definition) is 3. The molecule has 1 aliphatic carbocycles. The molecule has 60 heavy (non-hydrogen) atoms. The number of amides is 5. The lowest BCUT2D eigenvalue weighted by Gasteiger charge is -2.46. The van der Waals surface area contributed by atoms with Gasteiger partial charge in [0.1, 0.15) is 11.5 Å². The number of benzene rings is 2. The van der Waals surface area contributed by atoms with E-state index in [2.05, 4.69) is 74.8 Å². The Kier molecular flexibility index (Phi) is 10.9. The van der Waals surface area contributed by atoms with Crippen LogP contribution in [0, 0.1) is 5.92 Å². The summed E-state index contributed by atoms with van der Waals surface area (Å²) in [5, 5.41) is 11.1. The van der Waals surface area contributed by atoms with Crippen LogP contribution in [0.4, 0.5) is 22.1 Å². The van der Waals surface area contributed by atoms with Gasteiger partial charge in [0.2, 0.25) is 11.8 Å². The smallest absolute Gasteiger partial charge is 0.320 e. The highest BCUT2D eigenvalue weighted by Gasteiger charge is 2.39. The summed E-state index contributed by atoms with van der Waals surface area (Å²) < 4.78 is 5.95. The topological polar surface area (TPSA) is 183 Å². The molecule has 0 spiro atoms. The molecule has 316 valence electrons. The highest BCUT2D eigenvalue weighted by Crippen LogP contribution is 2.42. The van der Waals surface area contributed by atoms with Crippen molar-refractivity contribution in [3.63, 3.8) is 0 Å². The van der Waals surface area contributed by atoms with Gasteiger partial charge in [-0.1, -0.05) is 37.2 Å². The second-order valence-corrected chi connectivity index (χ2v) is 17.6. The number of nitrogens with one attached hydrogen (secondary N) is 2. The molecule has 0 radical (unpaired) electrons. The third-order valence-corrected chi connectivity index (χ3v) is 13.9. The number of carbonyl (C=O) groups excluding carboxylic acids is 4. The first-order valence-electron chi connectivity index (χ1n) is 21.9. The van der Waals surface area contributed by atoms with Gasteiger partial charge in [0.05, 0.1) is 18.2 Å². The maximum absolute atomic E-state index is 12.7. The van der Waals surface area contributed by atoms with Crippen molar-refractivity contribution >= 4 is 52.0 Å². The van der Waals surface area contributed by atoms with E-state index in [1.54, 1.807) is 11.1 Å². The summed E-state index contributed by atoms with van der Waals surface area (Å²) in [7, 11) is 1.84. The van der Waals surface area contributed by atoms with Gasteiger partial charge in [0, 0.05) is 74.9 Å². The molecule has 4 saturated heterocycles. The van der Waals surface area contributed by atoms with Gasteiger partial charge in [0.15, 0.2) is 17.1 Å². The standard InChI is InChI=1S/C45H56N10O5/c1-4-31-21-29(22-32(5-2)55(31)24-26-19-28-10-13-34-39(51-60-41(34)36(28)20-26)35-14-15-38(56)50-44(35)58)27-8-11-30(12-9-27)48-43-40(42(46)57)47-23-37(49-43)53-16-6-7-33(25-53)54-18-17-52(3)45(54)59/h8-13,23,26,29,31-33,35H,4-7,14-22,24-25H2,1-3H3,(H2,46,57)(H,48,49)(H,50,56,58)/t26-,29?,31?,32?,33-,35?/m1/s1. The van der Waals surface area contributed by atoms with Gasteiger partial charge in [-0.05, 0) is 98.9 Å². The number of nitrogens with zero attached hydrogens (tertiary/aromatic N) is 7. The number of hydrogen-bond acceptors (Lipinski definition) is 11. The average Bonchev–Trinajstić information content (AvgIpc) is 3.97. The molecule has 0 bridgehead atoms. The second-order valence-electron chi connectivity index (χ2n) is 17.6. The molecule has 4 aliphatic heterocycles. The number of carbonyl (C=O) groups is 4. The molecular formula is C45H56N10O5. The van der Waals surface area contributed by atoms with Crippen LogP contribution in [0.2, 0.25) is 0 Å². The number of nitrogens with two attached hydrogens (primary N) is 1. The first-order chi connectivity index (χ1) is 29.1. The molecule has 0 saturated carbocycles. The predicted octanol–water partition coefficient (Wildman–Crippen LogP) is 5.47. The van der Waals surface area contributed by atoms with Crippen molar-refractivity contribution in [2.24, 2.45) is 11.7 Å². The Hall–Kier alpha value is -5.57. The van der Waals surface area contributed by atoms with Crippen LogP contribution in [0.3, 0.4) is 0 Å². The molecule has 9 rings (SSSR count). The number of aromatic nitrogens is 3. The Bertz CT molecular complexity index is 2280. The second kappa shape index (κ2) is 16.5. The predicted molar refractivity (Wildman–Crippen MR) is 227 cm³/mol. The van der Waals surface area contributed by atoms with Crippen LogP contribution < -0.4 is 21.3 Å². The summed E-state index contributed by atoms with van der Waals surface area (Å²) in [5.74, 6) is 0.205. The minimum absolute atomic E-state index is 0.0690. The van der Waals surface area contributed by atoms with Gasteiger partial charge in [-0.3, -0.25) is 24.6 Å². The number of piperidine rings is 3. The number of imide groups is 1. The van der Waals surface area contributed by atoms with Crippen LogP contribution in [0.1, 0.15) is 110 Å². The molecule has 4 N–H and O–H groups in total. The van der Waals surface area contributed by atoms with Crippen LogP contribution >= 0.6 is 0 Å². The van der Waals surface area contributed by atoms with Crippen LogP contribution in [0.5, 0.6) is 0 Å². The Morgan fingerprint density at radius 3 is 2.47 bits per heavy atom. The van der Waals surface area contributed by atoms with Crippen LogP contribution in [0.15, 0.2) is 47.1 Å². The first-order valence-corrected chi connectivity index (χ1v) is 21.9. The fraction of sp³-hybridized carbons (Fsp3) is 0.533. The van der Waals surface area contributed by atoms with E-state index < -0.39 is 11.8 Å². The monoisotopic (exact) mass is 816 g/mol. The van der Waals surface area contributed by atoms with Crippen molar-refractivity contribution in [3.8, 4) is 0 Å². The van der Waals surface area contributed by atoms with E-state index in [1.807, 2.05) is 18.0 Å². The Morgan fingerprint density at radius 1 is 0.983 bits per heavy atom. The number of anilines is 3. The first kappa shape index (κ1) is 39.9. The summed E-state index contributed by atoms with van der Waals surface area (Å²) in [6.45, 7) is 8.53. The van der Waals surface area contributed by atoms with Crippen molar-refractivity contribution in [2.45, 2.75) is 108 Å². The van der Waals surface area contributed by atoms with E-state index >= 15 is 0 Å². The fourth-order valence-corrected chi connectivity index (χ4v) is 10.7. The summed E-state index contributed by atoms with van der Waals surface area (Å²) in [4.78, 5) is 67.6. The van der Waals surface area contributed by atoms with Gasteiger partial charge < -0.3 is 30.3 Å². The number of fused-ring (bicyclic) bond motifs is 3. The zero-order valence-corrected chi connectivity index (χ0v) is 34.9. The Labute approximate surface area is 350 Å². The van der Waals surface area contributed by atoms with E-state index in [1.165, 1.54) is 16.7 Å². The van der Waals surface area contributed by atoms with Crippen LogP contribution in [-0.4, -0.2) is 111 Å². The van der Waals surface area contributed by atoms with Crippen molar-refractivity contribution < 1.29 is 23.7 Å². The normalized spacial score (nSPS) is 26.2. The van der Waals surface area contributed by atoms with Gasteiger partial charge in [-0.2, -0.15) is 0 Å². The molecule has 2 aromatic heterocycles. The minimum Gasteiger partial charge on any atom is -0.364 e. The molecule has 15 heteroatoms. The molecule has 5 atom stereocenters. The van der Waals surface area contributed by atoms with E-state index in [-0.39, 0.29) is 29.6 Å². The van der Waals surface area contributed by atoms with Crippen molar-refractivity contribution in [3.05, 3.63) is 70.7 Å². The summed E-state index contributed by atoms with van der Waals surface area (Å²) in [5.41, 5.74) is 11.9. The number of likely N-dealkylation sites (tertiary alicyclic amines) is 1. The van der Waals surface area contributed by atoms with Crippen molar-refractivity contribution in [1.82, 2.24) is 35.1 Å². The average molecular weight is 817 g/mol. The molecule has 4 fully saturated rings. The van der Waals surface area contributed by atoms with Crippen molar-refractivity contribution in [1.29, 1.82) is 0 Å². The quantitative estimate of drug-likeness (QED) is 0.163. The zero-order chi connectivity index (χ0) is 41.7. The minimum atomic E-state index is -0.648. The van der Waals surface area contributed by atoms with Crippen molar-refractivity contribution in [2.75, 3.05) is 50.0 Å². The maximum atomic E-state index is 12.7. The van der Waals surface area contributed by atoms with E-state index in [0.29, 0.717) is 60.6 Å². The van der Waals surface area contributed by atoms with Gasteiger partial charge >= 0.3 is 6.03 Å². The Morgan fingerprint density at radius 2 is 1.77 bits per heavy atom. The molecule has 4 aromatic rings. The highest BCUT2D eigenvalue weighted by atomic mass is 16.5. The summed E-state index contributed by atoms with van der Waals surface area (Å²) in [6.07, 6.45) is 10.4. The molecule has 5 aliphatic rings. The molecule has 3 unspecified atom stereocenters. The fourth-order valence-electron chi connectivity index (χ4n) is 10.7. The third kappa shape index (κ3) is 7.56. The van der Waals surface area contributed by atoms with Crippen LogP contribution in [0.25, 0.3) is 11.0 Å². The summed E-state index contributed by atoms with van der Waals surface area (Å²) in [6, 6.07) is 13.8. The summed E-state index contributed by atoms with van der Waals surface area (Å²) >= 11 is 0. The molecule has 6 heterocycles. The van der Waals surface area contributed by atoms with Gasteiger partial charge in [-0.15, -0.1) is 0 Å². The maximum Gasteiger partial charge on any atom is 0.320 e. The largest absolute Gasteiger partial charge is 0.364 e. The number of primary amides is 1.